The second kappa shape index (κ2) is 10.7. The topological polar surface area (TPSA) is 59.9 Å². The Hall–Kier alpha value is -1.18. The fourth-order valence-corrected chi connectivity index (χ4v) is 3.21. The fraction of sp³-hybridized carbons (Fsp3) is 0.333. The third-order valence-corrected chi connectivity index (χ3v) is 5.14. The first-order valence-corrected chi connectivity index (χ1v) is 11.0. The van der Waals surface area contributed by atoms with Crippen LogP contribution in [0.4, 0.5) is 0 Å². The maximum atomic E-state index is 11.3. The smallest absolute Gasteiger partial charge is 0.175 e. The summed E-state index contributed by atoms with van der Waals surface area (Å²) < 4.78 is 0. The maximum absolute atomic E-state index is 11.3. The largest absolute Gasteiger partial charge is 0.294 e. The van der Waals surface area contributed by atoms with Crippen LogP contribution < -0.4 is 0 Å². The summed E-state index contributed by atoms with van der Waals surface area (Å²) in [5, 5.41) is 2.26. The zero-order valence-electron chi connectivity index (χ0n) is 14.9. The number of alkyl halides is 1. The van der Waals surface area contributed by atoms with Gasteiger partial charge >= 0.3 is 0 Å². The number of thioether (sulfide) groups is 2. The Morgan fingerprint density at radius 2 is 1.36 bits per heavy atom. The van der Waals surface area contributed by atoms with E-state index in [0.29, 0.717) is 16.5 Å². The van der Waals surface area contributed by atoms with Crippen molar-refractivity contribution in [1.29, 1.82) is 0 Å². The summed E-state index contributed by atoms with van der Waals surface area (Å²) >= 11 is 6.30. The van der Waals surface area contributed by atoms with E-state index in [1.54, 1.807) is 30.4 Å². The zero-order chi connectivity index (χ0) is 19.0. The average molecular weight is 441 g/mol. The number of ketones is 2. The third kappa shape index (κ3) is 6.56. The molecule has 0 fully saturated rings. The Labute approximate surface area is 165 Å². The summed E-state index contributed by atoms with van der Waals surface area (Å²) in [5.74, 6) is 0.158. The Morgan fingerprint density at radius 3 is 1.68 bits per heavy atom. The zero-order valence-corrected chi connectivity index (χ0v) is 18.1. The SMILES string of the molecule is CSc1ccc(C(=O)CBr)c(C)n1.CSc1ccc(C(C)=O)c(C)n1. The van der Waals surface area contributed by atoms with Gasteiger partial charge in [0, 0.05) is 22.5 Å². The standard InChI is InChI=1S/C9H10BrNOS.C9H11NOS/c1-6-7(8(12)5-10)3-4-9(11-6)13-2;1-6-8(7(2)11)4-5-9(10-6)12-3/h3-4H,5H2,1-2H3;4-5H,1-3H3. The molecular weight excluding hydrogens is 420 g/mol. The maximum Gasteiger partial charge on any atom is 0.175 e. The summed E-state index contributed by atoms with van der Waals surface area (Å²) in [6.45, 7) is 5.27. The number of Topliss-reactive ketones (excluding diaryl/α,β-unsaturated/α-hetero) is 2. The number of aryl methyl sites for hydroxylation is 2. The number of pyridine rings is 2. The Kier molecular flexibility index (Phi) is 9.38. The van der Waals surface area contributed by atoms with E-state index in [1.807, 2.05) is 50.6 Å². The molecule has 134 valence electrons. The van der Waals surface area contributed by atoms with Crippen molar-refractivity contribution in [1.82, 2.24) is 9.97 Å². The van der Waals surface area contributed by atoms with Gasteiger partial charge in [0.15, 0.2) is 11.6 Å². The molecule has 0 bridgehead atoms. The second-order valence-electron chi connectivity index (χ2n) is 5.09. The van der Waals surface area contributed by atoms with E-state index in [9.17, 15) is 9.59 Å². The van der Waals surface area contributed by atoms with Gasteiger partial charge in [-0.25, -0.2) is 9.97 Å². The third-order valence-electron chi connectivity index (χ3n) is 3.34. The molecule has 2 rings (SSSR count). The van der Waals surface area contributed by atoms with Gasteiger partial charge in [-0.15, -0.1) is 23.5 Å². The van der Waals surface area contributed by atoms with Crippen LogP contribution in [0.3, 0.4) is 0 Å². The first-order valence-electron chi connectivity index (χ1n) is 7.47. The van der Waals surface area contributed by atoms with Crippen molar-refractivity contribution in [2.24, 2.45) is 0 Å². The van der Waals surface area contributed by atoms with Gasteiger partial charge in [0.1, 0.15) is 0 Å². The van der Waals surface area contributed by atoms with Crippen LogP contribution in [0, 0.1) is 13.8 Å². The van der Waals surface area contributed by atoms with Gasteiger partial charge < -0.3 is 0 Å². The van der Waals surface area contributed by atoms with E-state index in [4.69, 9.17) is 0 Å². The van der Waals surface area contributed by atoms with Crippen molar-refractivity contribution in [2.75, 3.05) is 17.8 Å². The first kappa shape index (κ1) is 21.9. The Morgan fingerprint density at radius 1 is 0.920 bits per heavy atom. The second-order valence-corrected chi connectivity index (χ2v) is 7.30. The molecule has 0 aromatic carbocycles. The average Bonchev–Trinajstić information content (AvgIpc) is 2.60. The number of hydrogen-bond acceptors (Lipinski definition) is 6. The lowest BCUT2D eigenvalue weighted by atomic mass is 10.1. The van der Waals surface area contributed by atoms with Gasteiger partial charge in [-0.05, 0) is 57.5 Å². The molecule has 0 aliphatic rings. The lowest BCUT2D eigenvalue weighted by Gasteiger charge is -2.03. The van der Waals surface area contributed by atoms with E-state index >= 15 is 0 Å². The molecule has 25 heavy (non-hydrogen) atoms. The number of aromatic nitrogens is 2. The van der Waals surface area contributed by atoms with E-state index in [-0.39, 0.29) is 11.6 Å². The molecule has 2 heterocycles. The highest BCUT2D eigenvalue weighted by Crippen LogP contribution is 2.16. The number of carbonyl (C=O) groups excluding carboxylic acids is 2. The van der Waals surface area contributed by atoms with E-state index in [2.05, 4.69) is 25.9 Å². The molecule has 0 aliphatic carbocycles. The molecule has 0 saturated carbocycles. The molecule has 0 atom stereocenters. The summed E-state index contributed by atoms with van der Waals surface area (Å²) in [6, 6.07) is 7.40. The predicted octanol–water partition coefficient (Wildman–Crippen LogP) is 5.00. The summed E-state index contributed by atoms with van der Waals surface area (Å²) in [5.41, 5.74) is 3.04. The van der Waals surface area contributed by atoms with Gasteiger partial charge in [-0.3, -0.25) is 9.59 Å². The highest BCUT2D eigenvalue weighted by molar-refractivity contribution is 9.09. The molecule has 0 saturated heterocycles. The molecule has 2 aromatic rings. The quantitative estimate of drug-likeness (QED) is 0.370. The Bertz CT molecular complexity index is 767. The highest BCUT2D eigenvalue weighted by Gasteiger charge is 2.08. The van der Waals surface area contributed by atoms with Crippen LogP contribution >= 0.6 is 39.5 Å². The van der Waals surface area contributed by atoms with E-state index in [1.165, 1.54) is 0 Å². The summed E-state index contributed by atoms with van der Waals surface area (Å²) in [7, 11) is 0. The molecule has 2 aromatic heterocycles. The highest BCUT2D eigenvalue weighted by atomic mass is 79.9. The Balaban J connectivity index is 0.000000251. The summed E-state index contributed by atoms with van der Waals surface area (Å²) in [4.78, 5) is 30.9. The van der Waals surface area contributed by atoms with Crippen molar-refractivity contribution in [2.45, 2.75) is 30.8 Å². The van der Waals surface area contributed by atoms with Gasteiger partial charge in [-0.1, -0.05) is 15.9 Å². The van der Waals surface area contributed by atoms with Crippen LogP contribution in [-0.2, 0) is 0 Å². The van der Waals surface area contributed by atoms with Crippen molar-refractivity contribution >= 4 is 51.0 Å². The van der Waals surface area contributed by atoms with Crippen LogP contribution in [0.25, 0.3) is 0 Å². The molecule has 0 unspecified atom stereocenters. The van der Waals surface area contributed by atoms with Crippen molar-refractivity contribution in [3.63, 3.8) is 0 Å². The van der Waals surface area contributed by atoms with Gasteiger partial charge in [0.25, 0.3) is 0 Å². The van der Waals surface area contributed by atoms with E-state index < -0.39 is 0 Å². The molecule has 0 N–H and O–H groups in total. The van der Waals surface area contributed by atoms with Crippen molar-refractivity contribution < 1.29 is 9.59 Å². The van der Waals surface area contributed by atoms with Crippen LogP contribution in [0.5, 0.6) is 0 Å². The van der Waals surface area contributed by atoms with E-state index in [0.717, 1.165) is 21.4 Å². The predicted molar refractivity (Wildman–Crippen MR) is 110 cm³/mol. The minimum Gasteiger partial charge on any atom is -0.294 e. The van der Waals surface area contributed by atoms with Gasteiger partial charge in [-0.2, -0.15) is 0 Å². The van der Waals surface area contributed by atoms with Crippen molar-refractivity contribution in [3.05, 3.63) is 46.8 Å². The monoisotopic (exact) mass is 440 g/mol. The molecule has 0 radical (unpaired) electrons. The van der Waals surface area contributed by atoms with Crippen LogP contribution in [0.2, 0.25) is 0 Å². The number of carbonyl (C=O) groups is 2. The fourth-order valence-electron chi connectivity index (χ4n) is 2.04. The van der Waals surface area contributed by atoms with Crippen LogP contribution in [-0.4, -0.2) is 39.4 Å². The first-order chi connectivity index (χ1) is 11.8. The number of rotatable bonds is 5. The normalized spacial score (nSPS) is 10.0. The minimum atomic E-state index is 0.0765. The number of hydrogen-bond donors (Lipinski definition) is 0. The molecule has 0 spiro atoms. The van der Waals surface area contributed by atoms with Crippen molar-refractivity contribution in [3.8, 4) is 0 Å². The lowest BCUT2D eigenvalue weighted by molar-refractivity contribution is 0.101. The minimum absolute atomic E-state index is 0.0765. The molecule has 0 aliphatic heterocycles. The molecule has 7 heteroatoms. The van der Waals surface area contributed by atoms with Gasteiger partial charge in [0.2, 0.25) is 0 Å². The molecule has 0 amide bonds. The summed E-state index contributed by atoms with van der Waals surface area (Å²) in [6.07, 6.45) is 3.93. The molecule has 4 nitrogen and oxygen atoms in total. The van der Waals surface area contributed by atoms with Crippen LogP contribution in [0.1, 0.15) is 39.0 Å². The van der Waals surface area contributed by atoms with Gasteiger partial charge in [0.05, 0.1) is 15.4 Å². The molecular formula is C18H21BrN2O2S2. The number of nitrogens with zero attached hydrogens (tertiary/aromatic N) is 2. The van der Waals surface area contributed by atoms with Crippen LogP contribution in [0.15, 0.2) is 34.3 Å². The number of halogens is 1. The lowest BCUT2D eigenvalue weighted by Crippen LogP contribution is -2.04.